The van der Waals surface area contributed by atoms with E-state index in [2.05, 4.69) is 31.5 Å². The third-order valence-electron chi connectivity index (χ3n) is 1.81. The van der Waals surface area contributed by atoms with Crippen LogP contribution in [0.2, 0.25) is 0 Å². The summed E-state index contributed by atoms with van der Waals surface area (Å²) in [4.78, 5) is 10.6. The zero-order valence-corrected chi connectivity index (χ0v) is 12.6. The van der Waals surface area contributed by atoms with Gasteiger partial charge in [-0.2, -0.15) is 6.42 Å². The van der Waals surface area contributed by atoms with Gasteiger partial charge in [0.05, 0.1) is 0 Å². The first kappa shape index (κ1) is 12.8. The van der Waals surface area contributed by atoms with Gasteiger partial charge in [-0.1, -0.05) is 25.3 Å². The van der Waals surface area contributed by atoms with E-state index < -0.39 is 0 Å². The first-order valence-corrected chi connectivity index (χ1v) is 13.2. The predicted molar refractivity (Wildman–Crippen MR) is 54.4 cm³/mol. The van der Waals surface area contributed by atoms with E-state index in [0.717, 1.165) is 12.8 Å². The molecule has 0 heterocycles. The minimum atomic E-state index is 0.0863. The molecule has 66 valence electrons. The van der Waals surface area contributed by atoms with Crippen LogP contribution in [0.1, 0.15) is 32.6 Å². The maximum atomic E-state index is 10.6. The van der Waals surface area contributed by atoms with Crippen LogP contribution < -0.4 is 5.32 Å². The van der Waals surface area contributed by atoms with Crippen molar-refractivity contribution in [3.8, 4) is 0 Å². The topological polar surface area (TPSA) is 29.1 Å². The zero-order chi connectivity index (χ0) is 9.40. The van der Waals surface area contributed by atoms with E-state index in [1.54, 1.807) is 6.92 Å². The Morgan fingerprint density at radius 1 is 1.58 bits per heavy atom. The molecule has 0 aliphatic heterocycles. The summed E-state index contributed by atoms with van der Waals surface area (Å²) >= 11 is 3.62. The normalized spacial score (nSPS) is 22.2. The molecule has 1 atom stereocenters. The number of carbonyl (C=O) groups is 1. The van der Waals surface area contributed by atoms with E-state index in [-0.39, 0.29) is 5.91 Å². The molecule has 0 aromatic carbocycles. The molecule has 0 radical (unpaired) electrons. The van der Waals surface area contributed by atoms with Crippen LogP contribution in [-0.4, -0.2) is 11.9 Å². The van der Waals surface area contributed by atoms with Crippen LogP contribution in [0.5, 0.6) is 0 Å². The summed E-state index contributed by atoms with van der Waals surface area (Å²) < 4.78 is 0. The summed E-state index contributed by atoms with van der Waals surface area (Å²) in [6, 6.07) is 0.353. The van der Waals surface area contributed by atoms with E-state index in [1.165, 1.54) is 27.6 Å². The first-order valence-electron chi connectivity index (χ1n) is 4.16. The van der Waals surface area contributed by atoms with Crippen molar-refractivity contribution in [3.63, 3.8) is 0 Å². The van der Waals surface area contributed by atoms with Gasteiger partial charge in [0.25, 0.3) is 0 Å². The van der Waals surface area contributed by atoms with Crippen molar-refractivity contribution in [2.24, 2.45) is 0 Å². The average molecular weight is 332 g/mol. The fourth-order valence-electron chi connectivity index (χ4n) is 1.34. The van der Waals surface area contributed by atoms with Crippen LogP contribution in [0.3, 0.4) is 0 Å². The first-order chi connectivity index (χ1) is 5.79. The summed E-state index contributed by atoms with van der Waals surface area (Å²) in [5.41, 5.74) is 0. The van der Waals surface area contributed by atoms with Gasteiger partial charge in [0, 0.05) is 6.92 Å². The third-order valence-corrected chi connectivity index (χ3v) is 1.81. The van der Waals surface area contributed by atoms with E-state index in [1.807, 2.05) is 0 Å². The Kier molecular flexibility index (Phi) is 9.00. The number of hydrogen-bond donors (Lipinski definition) is 1. The molecule has 0 saturated heterocycles. The van der Waals surface area contributed by atoms with Crippen molar-refractivity contribution in [3.05, 3.63) is 6.42 Å². The summed E-state index contributed by atoms with van der Waals surface area (Å²) in [6.07, 6.45) is 7.02. The Morgan fingerprint density at radius 3 is 2.67 bits per heavy atom. The van der Waals surface area contributed by atoms with Gasteiger partial charge in [-0.3, -0.25) is 4.79 Å². The molecule has 12 heavy (non-hydrogen) atoms. The van der Waals surface area contributed by atoms with Crippen molar-refractivity contribution in [2.75, 3.05) is 0 Å². The SMILES string of the molecule is CC(=O)N[C@@H]1[CH-]CCCC1.[Zn+][I]. The fourth-order valence-corrected chi connectivity index (χ4v) is 1.34. The Balaban J connectivity index is 0.000000561. The molecule has 0 bridgehead atoms. The predicted octanol–water partition coefficient (Wildman–Crippen LogP) is 2.15. The quantitative estimate of drug-likeness (QED) is 0.445. The summed E-state index contributed by atoms with van der Waals surface area (Å²) in [5.74, 6) is 0.0863. The van der Waals surface area contributed by atoms with Gasteiger partial charge in [-0.25, -0.2) is 0 Å². The molecule has 1 aliphatic rings. The van der Waals surface area contributed by atoms with Gasteiger partial charge in [0.15, 0.2) is 0 Å². The number of nitrogens with one attached hydrogen (secondary N) is 1. The monoisotopic (exact) mass is 331 g/mol. The van der Waals surface area contributed by atoms with Crippen molar-refractivity contribution < 1.29 is 19.6 Å². The second kappa shape index (κ2) is 8.42. The molecule has 1 saturated carbocycles. The van der Waals surface area contributed by atoms with Gasteiger partial charge in [0.2, 0.25) is 5.91 Å². The van der Waals surface area contributed by atoms with Crippen LogP contribution >= 0.6 is 19.8 Å². The van der Waals surface area contributed by atoms with Gasteiger partial charge in [-0.15, -0.1) is 0 Å². The molecule has 1 fully saturated rings. The van der Waals surface area contributed by atoms with Crippen LogP contribution in [0.25, 0.3) is 0 Å². The van der Waals surface area contributed by atoms with Crippen LogP contribution in [0.15, 0.2) is 0 Å². The molecule has 1 rings (SSSR count). The Morgan fingerprint density at radius 2 is 2.25 bits per heavy atom. The zero-order valence-electron chi connectivity index (χ0n) is 7.48. The van der Waals surface area contributed by atoms with Gasteiger partial charge < -0.3 is 11.7 Å². The van der Waals surface area contributed by atoms with Gasteiger partial charge in [0.1, 0.15) is 0 Å². The van der Waals surface area contributed by atoms with Crippen molar-refractivity contribution >= 4 is 25.7 Å². The second-order valence-corrected chi connectivity index (χ2v) is 2.83. The van der Waals surface area contributed by atoms with E-state index >= 15 is 0 Å². The number of carbonyl (C=O) groups excluding carboxylic acids is 1. The summed E-state index contributed by atoms with van der Waals surface area (Å²) in [5, 5.41) is 2.89. The van der Waals surface area contributed by atoms with E-state index in [9.17, 15) is 4.79 Å². The number of hydrogen-bond acceptors (Lipinski definition) is 1. The third kappa shape index (κ3) is 6.35. The van der Waals surface area contributed by atoms with Crippen LogP contribution in [0, 0.1) is 6.42 Å². The van der Waals surface area contributed by atoms with Gasteiger partial charge in [-0.05, 0) is 0 Å². The Hall–Kier alpha value is 0.823. The van der Waals surface area contributed by atoms with Crippen LogP contribution in [0.4, 0.5) is 0 Å². The average Bonchev–Trinajstić information content (AvgIpc) is 2.08. The standard InChI is InChI=1S/C8H14NO.HI.Zn/c1-7(10)9-8-5-3-2-4-6-8;;/h5,8H,2-4,6H2,1H3,(H,9,10);1H;/q-1;;+2/p-1/t8-;;/m1../s1. The Bertz CT molecular complexity index is 126. The molecule has 1 amide bonds. The molecule has 0 spiro atoms. The van der Waals surface area contributed by atoms with Crippen molar-refractivity contribution in [1.82, 2.24) is 5.32 Å². The molecule has 1 N–H and O–H groups in total. The van der Waals surface area contributed by atoms with E-state index in [4.69, 9.17) is 0 Å². The molecule has 1 aliphatic carbocycles. The summed E-state index contributed by atoms with van der Waals surface area (Å²) in [6.45, 7) is 1.57. The second-order valence-electron chi connectivity index (χ2n) is 2.83. The van der Waals surface area contributed by atoms with Crippen molar-refractivity contribution in [2.45, 2.75) is 38.6 Å². The number of amides is 1. The molecule has 4 heteroatoms. The molecule has 0 aromatic heterocycles. The molecular weight excluding hydrogens is 318 g/mol. The fraction of sp³-hybridized carbons (Fsp3) is 0.750. The minimum absolute atomic E-state index is 0.0863. The Labute approximate surface area is 95.1 Å². The molecule has 0 unspecified atom stereocenters. The molecule has 2 nitrogen and oxygen atoms in total. The number of rotatable bonds is 1. The van der Waals surface area contributed by atoms with E-state index in [0.29, 0.717) is 6.04 Å². The van der Waals surface area contributed by atoms with Crippen molar-refractivity contribution in [1.29, 1.82) is 0 Å². The van der Waals surface area contributed by atoms with Gasteiger partial charge >= 0.3 is 34.5 Å². The number of halogens is 1. The maximum absolute atomic E-state index is 10.6. The summed E-state index contributed by atoms with van der Waals surface area (Å²) in [7, 11) is 0. The van der Waals surface area contributed by atoms with Crippen LogP contribution in [-0.2, 0) is 19.6 Å². The molecular formula is C8H14INOZn. The molecule has 0 aromatic rings.